The van der Waals surface area contributed by atoms with Gasteiger partial charge in [0.25, 0.3) is 0 Å². The Labute approximate surface area is 229 Å². The number of amides is 1. The van der Waals surface area contributed by atoms with Gasteiger partial charge in [-0.2, -0.15) is 0 Å². The van der Waals surface area contributed by atoms with Crippen LogP contribution in [0.1, 0.15) is 70.3 Å². The molecule has 10 heteroatoms. The summed E-state index contributed by atoms with van der Waals surface area (Å²) in [5, 5.41) is 0. The van der Waals surface area contributed by atoms with Gasteiger partial charge < -0.3 is 28.4 Å². The lowest BCUT2D eigenvalue weighted by atomic mass is 10.0. The number of hydrogen-bond acceptors (Lipinski definition) is 9. The van der Waals surface area contributed by atoms with Crippen molar-refractivity contribution in [3.8, 4) is 5.75 Å². The molecule has 1 aromatic rings. The predicted molar refractivity (Wildman–Crippen MR) is 145 cm³/mol. The van der Waals surface area contributed by atoms with E-state index < -0.39 is 41.8 Å². The second kappa shape index (κ2) is 12.3. The predicted octanol–water partition coefficient (Wildman–Crippen LogP) is 5.04. The second-order valence-electron chi connectivity index (χ2n) is 11.0. The van der Waals surface area contributed by atoms with Gasteiger partial charge in [0.2, 0.25) is 0 Å². The van der Waals surface area contributed by atoms with Crippen LogP contribution in [0, 0.1) is 0 Å². The molecule has 1 fully saturated rings. The lowest BCUT2D eigenvalue weighted by Crippen LogP contribution is -2.34. The molecule has 0 unspecified atom stereocenters. The van der Waals surface area contributed by atoms with Gasteiger partial charge in [-0.15, -0.1) is 0 Å². The van der Waals surface area contributed by atoms with Crippen LogP contribution < -0.4 is 9.64 Å². The Morgan fingerprint density at radius 2 is 1.79 bits per heavy atom. The Morgan fingerprint density at radius 1 is 1.10 bits per heavy atom. The van der Waals surface area contributed by atoms with Crippen LogP contribution in [0.2, 0.25) is 0 Å². The number of carbonyl (C=O) groups is 3. The fourth-order valence-corrected chi connectivity index (χ4v) is 4.18. The molecule has 0 bridgehead atoms. The highest BCUT2D eigenvalue weighted by Crippen LogP contribution is 2.34. The maximum atomic E-state index is 13.4. The Bertz CT molecular complexity index is 1130. The van der Waals surface area contributed by atoms with Crippen molar-refractivity contribution >= 4 is 29.6 Å². The normalized spacial score (nSPS) is 24.2. The summed E-state index contributed by atoms with van der Waals surface area (Å²) in [5.74, 6) is -1.57. The van der Waals surface area contributed by atoms with Crippen LogP contribution in [0.4, 0.5) is 10.5 Å². The largest absolute Gasteiger partial charge is 0.467 e. The molecule has 0 aliphatic carbocycles. The van der Waals surface area contributed by atoms with E-state index in [1.54, 1.807) is 79.0 Å². The number of ether oxygens (including phenoxy) is 6. The van der Waals surface area contributed by atoms with Crippen LogP contribution >= 0.6 is 0 Å². The first-order valence-electron chi connectivity index (χ1n) is 12.9. The van der Waals surface area contributed by atoms with Crippen molar-refractivity contribution in [3.63, 3.8) is 0 Å². The van der Waals surface area contributed by atoms with Gasteiger partial charge in [0.15, 0.2) is 18.4 Å². The quantitative estimate of drug-likeness (QED) is 0.380. The van der Waals surface area contributed by atoms with Crippen molar-refractivity contribution in [2.75, 3.05) is 25.9 Å². The highest BCUT2D eigenvalue weighted by atomic mass is 16.8. The number of esters is 1. The zero-order valence-corrected chi connectivity index (χ0v) is 23.9. The Kier molecular flexibility index (Phi) is 9.58. The molecule has 10 nitrogen and oxygen atoms in total. The van der Waals surface area contributed by atoms with Gasteiger partial charge in [-0.05, 0) is 65.7 Å². The summed E-state index contributed by atoms with van der Waals surface area (Å²) in [6, 6.07) is 3.24. The Balaban J connectivity index is 2.09. The summed E-state index contributed by atoms with van der Waals surface area (Å²) in [7, 11) is 3.03. The van der Waals surface area contributed by atoms with E-state index in [4.69, 9.17) is 28.4 Å². The molecule has 2 aliphatic heterocycles. The molecule has 39 heavy (non-hydrogen) atoms. The molecule has 2 heterocycles. The van der Waals surface area contributed by atoms with Crippen LogP contribution in [0.3, 0.4) is 0 Å². The minimum absolute atomic E-state index is 0.131. The maximum Gasteiger partial charge on any atom is 0.414 e. The third-order valence-electron chi connectivity index (χ3n) is 5.90. The van der Waals surface area contributed by atoms with Crippen molar-refractivity contribution in [3.05, 3.63) is 41.5 Å². The minimum Gasteiger partial charge on any atom is -0.467 e. The summed E-state index contributed by atoms with van der Waals surface area (Å²) >= 11 is 0. The van der Waals surface area contributed by atoms with Crippen LogP contribution in [0.5, 0.6) is 5.75 Å². The number of carbonyl (C=O) groups excluding carboxylic acids is 3. The van der Waals surface area contributed by atoms with Crippen LogP contribution in [-0.4, -0.2) is 68.5 Å². The first kappa shape index (κ1) is 30.3. The molecule has 1 aromatic carbocycles. The van der Waals surface area contributed by atoms with E-state index in [0.29, 0.717) is 24.1 Å². The number of fused-ring (bicyclic) bond motifs is 2. The third-order valence-corrected chi connectivity index (χ3v) is 5.90. The topological polar surface area (TPSA) is 110 Å². The summed E-state index contributed by atoms with van der Waals surface area (Å²) in [6.07, 6.45) is 4.85. The summed E-state index contributed by atoms with van der Waals surface area (Å²) in [6.45, 7) is 10.5. The highest BCUT2D eigenvalue weighted by Gasteiger charge is 2.43. The zero-order chi connectivity index (χ0) is 29.0. The molecule has 3 atom stereocenters. The van der Waals surface area contributed by atoms with Crippen molar-refractivity contribution in [1.82, 2.24) is 0 Å². The fourth-order valence-electron chi connectivity index (χ4n) is 4.18. The number of ketones is 1. The molecule has 1 amide bonds. The molecular weight excluding hydrogens is 506 g/mol. The molecule has 0 spiro atoms. The smallest absolute Gasteiger partial charge is 0.414 e. The lowest BCUT2D eigenvalue weighted by molar-refractivity contribution is -0.152. The Morgan fingerprint density at radius 3 is 2.46 bits per heavy atom. The van der Waals surface area contributed by atoms with Crippen molar-refractivity contribution < 1.29 is 42.8 Å². The van der Waals surface area contributed by atoms with Gasteiger partial charge in [0.1, 0.15) is 29.1 Å². The number of rotatable bonds is 4. The average Bonchev–Trinajstić information content (AvgIpc) is 3.14. The summed E-state index contributed by atoms with van der Waals surface area (Å²) < 4.78 is 33.9. The van der Waals surface area contributed by atoms with E-state index in [1.165, 1.54) is 18.1 Å². The van der Waals surface area contributed by atoms with Gasteiger partial charge in [-0.25, -0.2) is 9.59 Å². The van der Waals surface area contributed by atoms with Gasteiger partial charge in [-0.1, -0.05) is 18.2 Å². The standard InChI is InChI=1S/C29H39NO9/c1-18-11-9-13-21(31)25-22(37-29(5,6)38-25)14-10-12-19-15-20(30(7)27(33)39-28(2,3)4)16-23(35-17-34-8)24(19)26(32)36-18/h9-10,12-13,15-16,18,22,25H,11,14,17H2,1-8H3/b12-10?,13-9-/t18-,22-,25+/m0/s1. The van der Waals surface area contributed by atoms with Crippen molar-refractivity contribution in [2.24, 2.45) is 0 Å². The fraction of sp³-hybridized carbons (Fsp3) is 0.552. The van der Waals surface area contributed by atoms with E-state index in [1.807, 2.05) is 0 Å². The van der Waals surface area contributed by atoms with Gasteiger partial charge in [0, 0.05) is 26.6 Å². The molecular formula is C29H39NO9. The molecule has 214 valence electrons. The average molecular weight is 546 g/mol. The minimum atomic E-state index is -0.921. The number of cyclic esters (lactones) is 1. The third kappa shape index (κ3) is 8.14. The first-order valence-corrected chi connectivity index (χ1v) is 12.9. The number of benzene rings is 1. The molecule has 0 N–H and O–H groups in total. The maximum absolute atomic E-state index is 13.4. The highest BCUT2D eigenvalue weighted by molar-refractivity contribution is 5.99. The first-order chi connectivity index (χ1) is 18.2. The van der Waals surface area contributed by atoms with E-state index in [-0.39, 0.29) is 23.9 Å². The monoisotopic (exact) mass is 545 g/mol. The molecule has 3 rings (SSSR count). The van der Waals surface area contributed by atoms with Crippen LogP contribution in [0.15, 0.2) is 30.4 Å². The molecule has 0 radical (unpaired) electrons. The number of anilines is 1. The van der Waals surface area contributed by atoms with Gasteiger partial charge >= 0.3 is 12.1 Å². The molecule has 0 saturated carbocycles. The van der Waals surface area contributed by atoms with E-state index in [0.717, 1.165) is 0 Å². The lowest BCUT2D eigenvalue weighted by Gasteiger charge is -2.26. The zero-order valence-electron chi connectivity index (χ0n) is 23.9. The number of methoxy groups -OCH3 is 1. The number of nitrogens with zero attached hydrogens (tertiary/aromatic N) is 1. The van der Waals surface area contributed by atoms with E-state index >= 15 is 0 Å². The SMILES string of the molecule is COCOc1cc(N(C)C(=O)OC(C)(C)C)cc2c1C(=O)O[C@@H](C)C/C=C\C(=O)[C@H]1OC(C)(C)O[C@H]1CC=C2. The molecule has 0 aromatic heterocycles. The molecule has 2 aliphatic rings. The van der Waals surface area contributed by atoms with E-state index in [9.17, 15) is 14.4 Å². The number of hydrogen-bond donors (Lipinski definition) is 0. The summed E-state index contributed by atoms with van der Waals surface area (Å²) in [5.41, 5.74) is 0.348. The summed E-state index contributed by atoms with van der Waals surface area (Å²) in [4.78, 5) is 40.4. The van der Waals surface area contributed by atoms with Gasteiger partial charge in [0.05, 0.1) is 11.8 Å². The molecule has 1 saturated heterocycles. The van der Waals surface area contributed by atoms with Crippen molar-refractivity contribution in [2.45, 2.75) is 84.1 Å². The van der Waals surface area contributed by atoms with Crippen LogP contribution in [0.25, 0.3) is 6.08 Å². The van der Waals surface area contributed by atoms with Crippen LogP contribution in [-0.2, 0) is 28.5 Å². The van der Waals surface area contributed by atoms with E-state index in [2.05, 4.69) is 0 Å². The van der Waals surface area contributed by atoms with Crippen molar-refractivity contribution in [1.29, 1.82) is 0 Å². The Hall–Kier alpha value is -3.21. The second-order valence-corrected chi connectivity index (χ2v) is 11.0. The van der Waals surface area contributed by atoms with Gasteiger partial charge in [-0.3, -0.25) is 9.69 Å².